The molecule has 0 amide bonds. The van der Waals surface area contributed by atoms with Crippen molar-refractivity contribution < 1.29 is 19.0 Å². The molecule has 0 fully saturated rings. The molecule has 0 saturated heterocycles. The van der Waals surface area contributed by atoms with Crippen LogP contribution >= 0.6 is 67.8 Å². The average molecular weight is 659 g/mol. The first-order valence-corrected chi connectivity index (χ1v) is 10.5. The van der Waals surface area contributed by atoms with Crippen LogP contribution in [-0.2, 0) is 14.2 Å². The molecule has 0 aliphatic carbocycles. The van der Waals surface area contributed by atoms with Crippen LogP contribution in [0.25, 0.3) is 0 Å². The van der Waals surface area contributed by atoms with Crippen molar-refractivity contribution in [3.8, 4) is 0 Å². The molecule has 0 aliphatic rings. The number of nitrogens with one attached hydrogen (secondary N) is 1. The molecule has 0 atom stereocenters. The van der Waals surface area contributed by atoms with Crippen LogP contribution in [0.3, 0.4) is 0 Å². The van der Waals surface area contributed by atoms with Gasteiger partial charge in [-0.1, -0.05) is 0 Å². The van der Waals surface area contributed by atoms with Crippen LogP contribution in [0.1, 0.15) is 17.3 Å². The summed E-state index contributed by atoms with van der Waals surface area (Å²) in [4.78, 5) is 12.1. The quantitative estimate of drug-likeness (QED) is 0.171. The van der Waals surface area contributed by atoms with Crippen molar-refractivity contribution in [1.29, 1.82) is 0 Å². The van der Waals surface area contributed by atoms with Crippen LogP contribution in [0.5, 0.6) is 0 Å². The minimum Gasteiger partial charge on any atom is -0.460 e. The summed E-state index contributed by atoms with van der Waals surface area (Å²) in [6, 6.07) is 3.87. The normalized spacial score (nSPS) is 10.8. The lowest BCUT2D eigenvalue weighted by molar-refractivity contribution is 0.0318. The average Bonchev–Trinajstić information content (AvgIpc) is 2.52. The summed E-state index contributed by atoms with van der Waals surface area (Å²) in [5, 5.41) is 3.21. The summed E-state index contributed by atoms with van der Waals surface area (Å²) in [7, 11) is 0. The monoisotopic (exact) mass is 659 g/mol. The summed E-state index contributed by atoms with van der Waals surface area (Å²) >= 11 is 6.59. The Hall–Kier alpha value is 0.760. The molecule has 1 aromatic carbocycles. The Morgan fingerprint density at radius 3 is 2.43 bits per heavy atom. The second-order valence-corrected chi connectivity index (χ2v) is 7.93. The van der Waals surface area contributed by atoms with Crippen molar-refractivity contribution in [3.63, 3.8) is 0 Å². The van der Waals surface area contributed by atoms with E-state index >= 15 is 0 Å². The third-order valence-electron chi connectivity index (χ3n) is 2.72. The molecule has 1 rings (SSSR count). The van der Waals surface area contributed by atoms with Gasteiger partial charge in [0.05, 0.1) is 25.4 Å². The van der Waals surface area contributed by atoms with E-state index in [-0.39, 0.29) is 12.6 Å². The van der Waals surface area contributed by atoms with Crippen LogP contribution in [-0.4, -0.2) is 52.1 Å². The lowest BCUT2D eigenvalue weighted by Gasteiger charge is -2.09. The Bertz CT molecular complexity index is 500. The van der Waals surface area contributed by atoms with E-state index in [4.69, 9.17) is 14.2 Å². The maximum Gasteiger partial charge on any atom is 0.339 e. The molecule has 0 spiro atoms. The van der Waals surface area contributed by atoms with Gasteiger partial charge in [0, 0.05) is 30.4 Å². The molecule has 0 saturated carbocycles. The van der Waals surface area contributed by atoms with Gasteiger partial charge in [0.25, 0.3) is 0 Å². The maximum absolute atomic E-state index is 12.1. The number of hydrogen-bond donors (Lipinski definition) is 1. The molecule has 0 unspecified atom stereocenters. The van der Waals surface area contributed by atoms with Gasteiger partial charge >= 0.3 is 5.97 Å². The van der Waals surface area contributed by atoms with E-state index in [1.807, 2.05) is 19.1 Å². The van der Waals surface area contributed by atoms with Gasteiger partial charge in [-0.05, 0) is 86.8 Å². The summed E-state index contributed by atoms with van der Waals surface area (Å²) in [6.07, 6.45) is 0. The van der Waals surface area contributed by atoms with Gasteiger partial charge in [0.15, 0.2) is 0 Å². The van der Waals surface area contributed by atoms with Gasteiger partial charge < -0.3 is 19.5 Å². The third kappa shape index (κ3) is 9.14. The Labute approximate surface area is 178 Å². The smallest absolute Gasteiger partial charge is 0.339 e. The van der Waals surface area contributed by atoms with E-state index < -0.39 is 0 Å². The number of esters is 1. The van der Waals surface area contributed by atoms with Crippen molar-refractivity contribution in [2.45, 2.75) is 6.92 Å². The number of ether oxygens (including phenoxy) is 3. The fraction of sp³-hybridized carbons (Fsp3) is 0.533. The first kappa shape index (κ1) is 21.8. The highest BCUT2D eigenvalue weighted by Gasteiger charge is 2.14. The topological polar surface area (TPSA) is 56.8 Å². The summed E-state index contributed by atoms with van der Waals surface area (Å²) in [6.45, 7) is 6.24. The molecule has 5 nitrogen and oxygen atoms in total. The first-order valence-electron chi connectivity index (χ1n) is 7.24. The minimum absolute atomic E-state index is 0.260. The number of hydrogen-bond acceptors (Lipinski definition) is 5. The van der Waals surface area contributed by atoms with Crippen LogP contribution in [0, 0.1) is 10.7 Å². The number of carbonyl (C=O) groups excluding carboxylic acids is 1. The Balaban J connectivity index is 2.15. The van der Waals surface area contributed by atoms with E-state index in [1.165, 1.54) is 0 Å². The molecular weight excluding hydrogens is 639 g/mol. The van der Waals surface area contributed by atoms with Crippen LogP contribution in [0.4, 0.5) is 0 Å². The second kappa shape index (κ2) is 13.0. The SMILES string of the molecule is CCOCCNCCOCCOC(=O)c1cc(I)cc(I)c1I. The van der Waals surface area contributed by atoms with Gasteiger partial charge in [0.2, 0.25) is 0 Å². The molecule has 0 radical (unpaired) electrons. The van der Waals surface area contributed by atoms with Gasteiger partial charge in [-0.25, -0.2) is 4.79 Å². The molecule has 130 valence electrons. The van der Waals surface area contributed by atoms with Gasteiger partial charge in [-0.2, -0.15) is 0 Å². The van der Waals surface area contributed by atoms with Crippen molar-refractivity contribution >= 4 is 73.7 Å². The predicted molar refractivity (Wildman–Crippen MR) is 115 cm³/mol. The van der Waals surface area contributed by atoms with Crippen LogP contribution < -0.4 is 5.32 Å². The fourth-order valence-corrected chi connectivity index (χ4v) is 4.01. The molecule has 8 heteroatoms. The molecule has 0 bridgehead atoms. The van der Waals surface area contributed by atoms with Gasteiger partial charge in [-0.3, -0.25) is 0 Å². The highest BCUT2D eigenvalue weighted by atomic mass is 127. The third-order valence-corrected chi connectivity index (χ3v) is 6.39. The second-order valence-electron chi connectivity index (χ2n) is 4.44. The van der Waals surface area contributed by atoms with Crippen molar-refractivity contribution in [3.05, 3.63) is 28.4 Å². The predicted octanol–water partition coefficient (Wildman–Crippen LogP) is 3.30. The lowest BCUT2D eigenvalue weighted by Crippen LogP contribution is -2.24. The van der Waals surface area contributed by atoms with E-state index in [2.05, 4.69) is 73.1 Å². The maximum atomic E-state index is 12.1. The zero-order valence-corrected chi connectivity index (χ0v) is 19.3. The van der Waals surface area contributed by atoms with Crippen molar-refractivity contribution in [2.24, 2.45) is 0 Å². The number of carbonyl (C=O) groups is 1. The first-order chi connectivity index (χ1) is 11.1. The summed E-state index contributed by atoms with van der Waals surface area (Å²) in [5.74, 6) is -0.302. The van der Waals surface area contributed by atoms with Crippen molar-refractivity contribution in [2.75, 3.05) is 46.1 Å². The molecular formula is C15H20I3NO4. The standard InChI is InChI=1S/C15H20I3NO4/c1-2-21-5-3-19-4-6-22-7-8-23-15(20)12-9-11(16)10-13(17)14(12)18/h9-10,19H,2-8H2,1H3. The summed E-state index contributed by atoms with van der Waals surface area (Å²) in [5.41, 5.74) is 0.611. The molecule has 0 aliphatic heterocycles. The van der Waals surface area contributed by atoms with E-state index in [9.17, 15) is 4.79 Å². The Morgan fingerprint density at radius 1 is 1.04 bits per heavy atom. The lowest BCUT2D eigenvalue weighted by atomic mass is 10.2. The number of halogens is 3. The van der Waals surface area contributed by atoms with Crippen molar-refractivity contribution in [1.82, 2.24) is 5.32 Å². The Morgan fingerprint density at radius 2 is 1.74 bits per heavy atom. The summed E-state index contributed by atoms with van der Waals surface area (Å²) < 4.78 is 18.9. The highest BCUT2D eigenvalue weighted by molar-refractivity contribution is 14.1. The van der Waals surface area contributed by atoms with Gasteiger partial charge in [-0.15, -0.1) is 0 Å². The highest BCUT2D eigenvalue weighted by Crippen LogP contribution is 2.23. The molecule has 23 heavy (non-hydrogen) atoms. The van der Waals surface area contributed by atoms with E-state index in [0.717, 1.165) is 30.4 Å². The number of rotatable bonds is 11. The molecule has 0 heterocycles. The van der Waals surface area contributed by atoms with E-state index in [1.54, 1.807) is 0 Å². The van der Waals surface area contributed by atoms with Gasteiger partial charge in [0.1, 0.15) is 6.61 Å². The zero-order chi connectivity index (χ0) is 17.1. The van der Waals surface area contributed by atoms with E-state index in [0.29, 0.717) is 25.4 Å². The minimum atomic E-state index is -0.302. The van der Waals surface area contributed by atoms with Crippen LogP contribution in [0.2, 0.25) is 0 Å². The zero-order valence-electron chi connectivity index (χ0n) is 12.9. The fourth-order valence-electron chi connectivity index (χ4n) is 1.64. The molecule has 1 N–H and O–H groups in total. The number of benzene rings is 1. The van der Waals surface area contributed by atoms with Crippen LogP contribution in [0.15, 0.2) is 12.1 Å². The largest absolute Gasteiger partial charge is 0.460 e. The molecule has 1 aromatic rings. The molecule has 0 aromatic heterocycles. The Kier molecular flexibility index (Phi) is 12.4.